The number of ether oxygens (including phenoxy) is 1. The van der Waals surface area contributed by atoms with E-state index in [4.69, 9.17) is 4.74 Å². The van der Waals surface area contributed by atoms with Crippen LogP contribution >= 0.6 is 0 Å². The minimum absolute atomic E-state index is 0.0184. The quantitative estimate of drug-likeness (QED) is 0.633. The molecule has 1 fully saturated rings. The number of hydrogen-bond acceptors (Lipinski definition) is 6. The summed E-state index contributed by atoms with van der Waals surface area (Å²) in [6.07, 6.45) is 0. The van der Waals surface area contributed by atoms with Crippen molar-refractivity contribution >= 4 is 11.5 Å². The Morgan fingerprint density at radius 2 is 2.39 bits per heavy atom. The van der Waals surface area contributed by atoms with Gasteiger partial charge in [0.15, 0.2) is 0 Å². The van der Waals surface area contributed by atoms with Crippen LogP contribution in [0.2, 0.25) is 0 Å². The highest BCUT2D eigenvalue weighted by Crippen LogP contribution is 2.28. The molecule has 1 saturated heterocycles. The lowest BCUT2D eigenvalue weighted by Crippen LogP contribution is -2.49. The first kappa shape index (κ1) is 12.6. The van der Waals surface area contributed by atoms with Crippen molar-refractivity contribution in [2.24, 2.45) is 0 Å². The van der Waals surface area contributed by atoms with Crippen LogP contribution in [0.25, 0.3) is 0 Å². The monoisotopic (exact) mass is 252 g/mol. The Morgan fingerprint density at radius 3 is 3.00 bits per heavy atom. The number of hydrogen-bond donors (Lipinski definition) is 1. The first-order valence-electron chi connectivity index (χ1n) is 5.79. The van der Waals surface area contributed by atoms with E-state index in [-0.39, 0.29) is 11.7 Å². The van der Waals surface area contributed by atoms with Gasteiger partial charge in [0.1, 0.15) is 0 Å². The zero-order valence-corrected chi connectivity index (χ0v) is 10.4. The van der Waals surface area contributed by atoms with Gasteiger partial charge < -0.3 is 15.0 Å². The molecule has 1 aromatic heterocycles. The van der Waals surface area contributed by atoms with Crippen molar-refractivity contribution in [1.29, 1.82) is 0 Å². The van der Waals surface area contributed by atoms with Crippen LogP contribution in [-0.4, -0.2) is 42.7 Å². The van der Waals surface area contributed by atoms with Gasteiger partial charge in [-0.2, -0.15) is 4.98 Å². The Balaban J connectivity index is 2.36. The van der Waals surface area contributed by atoms with E-state index in [2.05, 4.69) is 10.3 Å². The zero-order chi connectivity index (χ0) is 13.1. The molecule has 0 spiro atoms. The van der Waals surface area contributed by atoms with Crippen molar-refractivity contribution < 1.29 is 9.66 Å². The molecule has 0 bridgehead atoms. The average molecular weight is 252 g/mol. The second-order valence-electron chi connectivity index (χ2n) is 4.25. The van der Waals surface area contributed by atoms with Gasteiger partial charge in [-0.3, -0.25) is 10.1 Å². The summed E-state index contributed by atoms with van der Waals surface area (Å²) >= 11 is 0. The minimum Gasteiger partial charge on any atom is -0.481 e. The third-order valence-corrected chi connectivity index (χ3v) is 2.90. The van der Waals surface area contributed by atoms with Crippen molar-refractivity contribution in [3.8, 4) is 5.88 Å². The number of nitrogens with zero attached hydrogens (tertiary/aromatic N) is 3. The molecule has 7 nitrogen and oxygen atoms in total. The smallest absolute Gasteiger partial charge is 0.311 e. The molecule has 7 heteroatoms. The molecule has 18 heavy (non-hydrogen) atoms. The first-order valence-corrected chi connectivity index (χ1v) is 5.79. The molecular formula is C11H16N4O3. The topological polar surface area (TPSA) is 80.5 Å². The van der Waals surface area contributed by atoms with Gasteiger partial charge in [0, 0.05) is 37.8 Å². The molecule has 0 amide bonds. The fourth-order valence-electron chi connectivity index (χ4n) is 2.04. The molecule has 0 saturated carbocycles. The van der Waals surface area contributed by atoms with Crippen molar-refractivity contribution in [3.05, 3.63) is 22.2 Å². The summed E-state index contributed by atoms with van der Waals surface area (Å²) in [7, 11) is 1.50. The molecule has 1 aliphatic rings. The Hall–Kier alpha value is -1.89. The summed E-state index contributed by atoms with van der Waals surface area (Å²) < 4.78 is 5.03. The number of nitrogens with one attached hydrogen (secondary N) is 1. The van der Waals surface area contributed by atoms with E-state index in [1.54, 1.807) is 0 Å². The fraction of sp³-hybridized carbons (Fsp3) is 0.545. The van der Waals surface area contributed by atoms with Gasteiger partial charge in [0.2, 0.25) is 11.7 Å². The molecule has 2 heterocycles. The SMILES string of the molecule is COc1ccc([N+](=O)[O-])c(N2CCN[C@@H](C)C2)n1. The molecule has 0 aromatic carbocycles. The summed E-state index contributed by atoms with van der Waals surface area (Å²) in [5.41, 5.74) is 0.0184. The number of aromatic nitrogens is 1. The maximum absolute atomic E-state index is 11.0. The fourth-order valence-corrected chi connectivity index (χ4v) is 2.04. The predicted octanol–water partition coefficient (Wildman–Crippen LogP) is 0.796. The first-order chi connectivity index (χ1) is 8.61. The van der Waals surface area contributed by atoms with Crippen LogP contribution in [0.1, 0.15) is 6.92 Å². The molecule has 1 aromatic rings. The lowest BCUT2D eigenvalue weighted by atomic mass is 10.2. The van der Waals surface area contributed by atoms with Crippen molar-refractivity contribution in [1.82, 2.24) is 10.3 Å². The minimum atomic E-state index is -0.408. The van der Waals surface area contributed by atoms with Gasteiger partial charge in [-0.25, -0.2) is 0 Å². The highest BCUT2D eigenvalue weighted by Gasteiger charge is 2.25. The molecule has 0 aliphatic carbocycles. The van der Waals surface area contributed by atoms with Crippen LogP contribution in [0.4, 0.5) is 11.5 Å². The number of nitro groups is 1. The predicted molar refractivity (Wildman–Crippen MR) is 67.1 cm³/mol. The van der Waals surface area contributed by atoms with Gasteiger partial charge in [-0.1, -0.05) is 0 Å². The number of methoxy groups -OCH3 is 1. The summed E-state index contributed by atoms with van der Waals surface area (Å²) in [5.74, 6) is 0.773. The van der Waals surface area contributed by atoms with Crippen LogP contribution in [0, 0.1) is 10.1 Å². The summed E-state index contributed by atoms with van der Waals surface area (Å²) in [6, 6.07) is 3.23. The summed E-state index contributed by atoms with van der Waals surface area (Å²) in [5, 5.41) is 14.3. The largest absolute Gasteiger partial charge is 0.481 e. The average Bonchev–Trinajstić information content (AvgIpc) is 2.38. The van der Waals surface area contributed by atoms with E-state index < -0.39 is 4.92 Å². The van der Waals surface area contributed by atoms with Crippen LogP contribution in [0.5, 0.6) is 5.88 Å². The second-order valence-corrected chi connectivity index (χ2v) is 4.25. The van der Waals surface area contributed by atoms with E-state index in [1.807, 2.05) is 11.8 Å². The Morgan fingerprint density at radius 1 is 1.61 bits per heavy atom. The summed E-state index contributed by atoms with van der Waals surface area (Å²) in [6.45, 7) is 4.22. The van der Waals surface area contributed by atoms with Gasteiger partial charge in [0.05, 0.1) is 12.0 Å². The van der Waals surface area contributed by atoms with E-state index >= 15 is 0 Å². The van der Waals surface area contributed by atoms with Crippen LogP contribution in [0.3, 0.4) is 0 Å². The second kappa shape index (κ2) is 5.18. The maximum Gasteiger partial charge on any atom is 0.311 e. The van der Waals surface area contributed by atoms with Gasteiger partial charge in [0.25, 0.3) is 0 Å². The standard InChI is InChI=1S/C11H16N4O3/c1-8-7-14(6-5-12-8)11-9(15(16)17)3-4-10(13-11)18-2/h3-4,8,12H,5-7H2,1-2H3/t8-/m0/s1. The van der Waals surface area contributed by atoms with Gasteiger partial charge >= 0.3 is 5.69 Å². The highest BCUT2D eigenvalue weighted by molar-refractivity contribution is 5.59. The Labute approximate surface area is 105 Å². The maximum atomic E-state index is 11.0. The molecule has 98 valence electrons. The normalized spacial score (nSPS) is 19.7. The van der Waals surface area contributed by atoms with Crippen molar-refractivity contribution in [2.75, 3.05) is 31.6 Å². The van der Waals surface area contributed by atoms with E-state index in [0.29, 0.717) is 24.8 Å². The third-order valence-electron chi connectivity index (χ3n) is 2.90. The van der Waals surface area contributed by atoms with E-state index in [0.717, 1.165) is 6.54 Å². The lowest BCUT2D eigenvalue weighted by Gasteiger charge is -2.32. The summed E-state index contributed by atoms with van der Waals surface area (Å²) in [4.78, 5) is 16.7. The number of piperazine rings is 1. The Kier molecular flexibility index (Phi) is 3.61. The van der Waals surface area contributed by atoms with Crippen LogP contribution < -0.4 is 15.0 Å². The van der Waals surface area contributed by atoms with E-state index in [9.17, 15) is 10.1 Å². The van der Waals surface area contributed by atoms with Gasteiger partial charge in [-0.15, -0.1) is 0 Å². The number of pyridine rings is 1. The number of anilines is 1. The van der Waals surface area contributed by atoms with E-state index in [1.165, 1.54) is 19.2 Å². The zero-order valence-electron chi connectivity index (χ0n) is 10.4. The van der Waals surface area contributed by atoms with Crippen molar-refractivity contribution in [3.63, 3.8) is 0 Å². The molecule has 1 atom stereocenters. The highest BCUT2D eigenvalue weighted by atomic mass is 16.6. The van der Waals surface area contributed by atoms with Gasteiger partial charge in [-0.05, 0) is 6.92 Å². The Bertz CT molecular complexity index is 452. The molecule has 0 radical (unpaired) electrons. The third kappa shape index (κ3) is 2.51. The van der Waals surface area contributed by atoms with Crippen molar-refractivity contribution in [2.45, 2.75) is 13.0 Å². The molecule has 2 rings (SSSR count). The molecule has 1 N–H and O–H groups in total. The molecule has 0 unspecified atom stereocenters. The lowest BCUT2D eigenvalue weighted by molar-refractivity contribution is -0.384. The molecular weight excluding hydrogens is 236 g/mol. The number of rotatable bonds is 3. The van der Waals surface area contributed by atoms with Crippen LogP contribution in [0.15, 0.2) is 12.1 Å². The van der Waals surface area contributed by atoms with Crippen LogP contribution in [-0.2, 0) is 0 Å². The molecule has 1 aliphatic heterocycles.